The maximum atomic E-state index is 4.15. The van der Waals surface area contributed by atoms with Gasteiger partial charge in [0.2, 0.25) is 0 Å². The maximum Gasteiger partial charge on any atom is -0.0183 e. The van der Waals surface area contributed by atoms with E-state index in [9.17, 15) is 0 Å². The molecule has 0 aliphatic heterocycles. The Morgan fingerprint density at radius 3 is 1.22 bits per heavy atom. The number of rotatable bonds is 2. The van der Waals surface area contributed by atoms with Crippen LogP contribution in [0.25, 0.3) is 5.57 Å². The van der Waals surface area contributed by atoms with Gasteiger partial charge in [-0.25, -0.2) is 0 Å². The Hall–Kier alpha value is -1.82. The minimum Gasteiger partial charge on any atom is -0.0906 e. The first-order chi connectivity index (χ1) is 8.66. The average Bonchev–Trinajstić information content (AvgIpc) is 2.42. The first-order valence-corrected chi connectivity index (χ1v) is 6.50. The van der Waals surface area contributed by atoms with Gasteiger partial charge in [0.25, 0.3) is 0 Å². The lowest BCUT2D eigenvalue weighted by atomic mass is 9.98. The molecule has 0 unspecified atom stereocenters. The highest BCUT2D eigenvalue weighted by atomic mass is 14.1. The Kier molecular flexibility index (Phi) is 5.38. The summed E-state index contributed by atoms with van der Waals surface area (Å²) in [5, 5.41) is 0. The molecule has 2 rings (SSSR count). The van der Waals surface area contributed by atoms with Crippen molar-refractivity contribution < 1.29 is 0 Å². The fraction of sp³-hybridized carbons (Fsp3) is 0.222. The minimum atomic E-state index is 1.08. The monoisotopic (exact) mass is 238 g/mol. The zero-order chi connectivity index (χ0) is 13.5. The molecule has 94 valence electrons. The van der Waals surface area contributed by atoms with Gasteiger partial charge >= 0.3 is 0 Å². The molecule has 0 saturated carbocycles. The van der Waals surface area contributed by atoms with Crippen molar-refractivity contribution in [1.82, 2.24) is 0 Å². The van der Waals surface area contributed by atoms with E-state index >= 15 is 0 Å². The van der Waals surface area contributed by atoms with Crippen molar-refractivity contribution in [3.05, 3.63) is 77.4 Å². The smallest absolute Gasteiger partial charge is 0.0183 e. The van der Waals surface area contributed by atoms with E-state index in [1.807, 2.05) is 13.8 Å². The molecule has 0 N–H and O–H groups in total. The van der Waals surface area contributed by atoms with Gasteiger partial charge in [-0.2, -0.15) is 0 Å². The van der Waals surface area contributed by atoms with E-state index in [1.165, 1.54) is 22.3 Å². The van der Waals surface area contributed by atoms with Gasteiger partial charge < -0.3 is 0 Å². The SMILES string of the molecule is C=C(c1ccc(C)cc1)c1ccc(C)cc1.CC. The summed E-state index contributed by atoms with van der Waals surface area (Å²) in [5.74, 6) is 0. The van der Waals surface area contributed by atoms with Crippen molar-refractivity contribution in [3.63, 3.8) is 0 Å². The summed E-state index contributed by atoms with van der Waals surface area (Å²) in [5.41, 5.74) is 6.02. The highest BCUT2D eigenvalue weighted by Crippen LogP contribution is 2.21. The van der Waals surface area contributed by atoms with Crippen LogP contribution < -0.4 is 0 Å². The van der Waals surface area contributed by atoms with Crippen molar-refractivity contribution in [2.75, 3.05) is 0 Å². The van der Waals surface area contributed by atoms with Gasteiger partial charge in [0.15, 0.2) is 0 Å². The van der Waals surface area contributed by atoms with E-state index in [0.29, 0.717) is 0 Å². The Balaban J connectivity index is 0.000000771. The molecular formula is C18H22. The molecule has 0 aliphatic carbocycles. The summed E-state index contributed by atoms with van der Waals surface area (Å²) in [6.45, 7) is 12.3. The molecule has 2 aromatic rings. The Morgan fingerprint density at radius 2 is 0.944 bits per heavy atom. The van der Waals surface area contributed by atoms with Gasteiger partial charge in [0.05, 0.1) is 0 Å². The molecule has 2 aromatic carbocycles. The maximum absolute atomic E-state index is 4.15. The fourth-order valence-corrected chi connectivity index (χ4v) is 1.68. The number of aryl methyl sites for hydroxylation is 2. The molecule has 0 saturated heterocycles. The van der Waals surface area contributed by atoms with Crippen LogP contribution in [-0.2, 0) is 0 Å². The Morgan fingerprint density at radius 1 is 0.667 bits per heavy atom. The highest BCUT2D eigenvalue weighted by molar-refractivity contribution is 5.78. The molecule has 0 aromatic heterocycles. The summed E-state index contributed by atoms with van der Waals surface area (Å²) in [4.78, 5) is 0. The molecule has 0 spiro atoms. The zero-order valence-electron chi connectivity index (χ0n) is 11.8. The molecule has 0 radical (unpaired) electrons. The number of benzene rings is 2. The van der Waals surface area contributed by atoms with E-state index in [4.69, 9.17) is 0 Å². The van der Waals surface area contributed by atoms with Crippen LogP contribution in [-0.4, -0.2) is 0 Å². The topological polar surface area (TPSA) is 0 Å². The average molecular weight is 238 g/mol. The lowest BCUT2D eigenvalue weighted by molar-refractivity contribution is 1.43. The normalized spacial score (nSPS) is 9.33. The molecule has 0 fully saturated rings. The van der Waals surface area contributed by atoms with Crippen LogP contribution in [0.3, 0.4) is 0 Å². The van der Waals surface area contributed by atoms with Crippen molar-refractivity contribution in [2.45, 2.75) is 27.7 Å². The van der Waals surface area contributed by atoms with Gasteiger partial charge in [-0.1, -0.05) is 80.1 Å². The molecule has 0 amide bonds. The van der Waals surface area contributed by atoms with Crippen LogP contribution in [0.5, 0.6) is 0 Å². The molecule has 0 atom stereocenters. The summed E-state index contributed by atoms with van der Waals surface area (Å²) >= 11 is 0. The number of hydrogen-bond acceptors (Lipinski definition) is 0. The fourth-order valence-electron chi connectivity index (χ4n) is 1.68. The third-order valence-electron chi connectivity index (χ3n) is 2.80. The minimum absolute atomic E-state index is 1.08. The van der Waals surface area contributed by atoms with Crippen molar-refractivity contribution in [3.8, 4) is 0 Å². The van der Waals surface area contributed by atoms with Gasteiger partial charge in [-0.05, 0) is 30.5 Å². The lowest BCUT2D eigenvalue weighted by Gasteiger charge is -2.07. The van der Waals surface area contributed by atoms with Crippen LogP contribution in [0.4, 0.5) is 0 Å². The van der Waals surface area contributed by atoms with Crippen molar-refractivity contribution in [1.29, 1.82) is 0 Å². The van der Waals surface area contributed by atoms with E-state index in [2.05, 4.69) is 69.0 Å². The lowest BCUT2D eigenvalue weighted by Crippen LogP contribution is -1.86. The highest BCUT2D eigenvalue weighted by Gasteiger charge is 2.01. The second-order valence-corrected chi connectivity index (χ2v) is 4.21. The van der Waals surface area contributed by atoms with Crippen LogP contribution in [0.15, 0.2) is 55.1 Å². The van der Waals surface area contributed by atoms with Gasteiger partial charge in [0.1, 0.15) is 0 Å². The van der Waals surface area contributed by atoms with Gasteiger partial charge in [-0.3, -0.25) is 0 Å². The summed E-state index contributed by atoms with van der Waals surface area (Å²) in [7, 11) is 0. The first-order valence-electron chi connectivity index (χ1n) is 6.50. The van der Waals surface area contributed by atoms with E-state index in [0.717, 1.165) is 5.57 Å². The van der Waals surface area contributed by atoms with Crippen molar-refractivity contribution in [2.24, 2.45) is 0 Å². The Labute approximate surface area is 111 Å². The molecule has 0 heterocycles. The standard InChI is InChI=1S/C16H16.C2H6/c1-12-4-8-15(9-5-12)14(3)16-10-6-13(2)7-11-16;1-2/h4-11H,3H2,1-2H3;1-2H3. The predicted octanol–water partition coefficient (Wildman–Crippen LogP) is 5.39. The largest absolute Gasteiger partial charge is 0.0906 e. The van der Waals surface area contributed by atoms with Crippen LogP contribution in [0.2, 0.25) is 0 Å². The van der Waals surface area contributed by atoms with Crippen LogP contribution in [0, 0.1) is 13.8 Å². The molecule has 0 nitrogen and oxygen atoms in total. The van der Waals surface area contributed by atoms with Crippen LogP contribution in [0.1, 0.15) is 36.1 Å². The number of hydrogen-bond donors (Lipinski definition) is 0. The molecule has 0 aliphatic rings. The molecule has 18 heavy (non-hydrogen) atoms. The summed E-state index contributed by atoms with van der Waals surface area (Å²) < 4.78 is 0. The third-order valence-corrected chi connectivity index (χ3v) is 2.80. The van der Waals surface area contributed by atoms with E-state index < -0.39 is 0 Å². The second-order valence-electron chi connectivity index (χ2n) is 4.21. The summed E-state index contributed by atoms with van der Waals surface area (Å²) in [6.07, 6.45) is 0. The van der Waals surface area contributed by atoms with E-state index in [1.54, 1.807) is 0 Å². The predicted molar refractivity (Wildman–Crippen MR) is 81.8 cm³/mol. The second kappa shape index (κ2) is 6.80. The quantitative estimate of drug-likeness (QED) is 0.658. The molecule has 0 heteroatoms. The van der Waals surface area contributed by atoms with Gasteiger partial charge in [0, 0.05) is 0 Å². The Bertz CT molecular complexity index is 439. The molecule has 0 bridgehead atoms. The summed E-state index contributed by atoms with van der Waals surface area (Å²) in [6, 6.07) is 17.0. The van der Waals surface area contributed by atoms with Crippen molar-refractivity contribution >= 4 is 5.57 Å². The van der Waals surface area contributed by atoms with E-state index in [-0.39, 0.29) is 0 Å². The van der Waals surface area contributed by atoms with Gasteiger partial charge in [-0.15, -0.1) is 0 Å². The first kappa shape index (κ1) is 14.2. The molecular weight excluding hydrogens is 216 g/mol. The zero-order valence-corrected chi connectivity index (χ0v) is 11.8. The van der Waals surface area contributed by atoms with Crippen LogP contribution >= 0.6 is 0 Å². The third kappa shape index (κ3) is 3.59.